The second-order valence-electron chi connectivity index (χ2n) is 11.9. The van der Waals surface area contributed by atoms with Gasteiger partial charge in [0, 0.05) is 44.5 Å². The van der Waals surface area contributed by atoms with Crippen LogP contribution in [0, 0.1) is 6.92 Å². The zero-order chi connectivity index (χ0) is 34.2. The van der Waals surface area contributed by atoms with Crippen LogP contribution in [0.5, 0.6) is 17.4 Å². The minimum absolute atomic E-state index is 0.302. The molecule has 1 aliphatic heterocycles. The summed E-state index contributed by atoms with van der Waals surface area (Å²) < 4.78 is 21.7. The molecule has 5 aromatic rings. The molecule has 1 unspecified atom stereocenters. The fraction of sp³-hybridized carbons (Fsp3) is 0.324. The van der Waals surface area contributed by atoms with E-state index in [4.69, 9.17) is 38.9 Å². The first kappa shape index (κ1) is 33.6. The van der Waals surface area contributed by atoms with E-state index in [0.717, 1.165) is 52.5 Å². The van der Waals surface area contributed by atoms with E-state index >= 15 is 0 Å². The molecular weight excluding hydrogens is 620 g/mol. The van der Waals surface area contributed by atoms with E-state index in [0.29, 0.717) is 61.6 Å². The Hall–Kier alpha value is -5.33. The lowest BCUT2D eigenvalue weighted by Gasteiger charge is -2.33. The van der Waals surface area contributed by atoms with Crippen LogP contribution >= 0.6 is 0 Å². The molecule has 0 amide bonds. The number of morpholine rings is 1. The zero-order valence-electron chi connectivity index (χ0n) is 28.6. The first-order chi connectivity index (χ1) is 23.9. The lowest BCUT2D eigenvalue weighted by molar-refractivity contribution is -0.00440. The standard InChI is InChI=1S/C37H42N8O4/c1-25-24-49-17-16-44(25)23-29-18-33(35(39-19-29)42-30-10-15-34(48-5)38-20-30)36-40-26(2)41-37(43-36)45(21-27-6-11-31(46-3)12-7-27)22-28-8-13-32(47-4)14-9-28/h6-15,18-20,25H,16-17,21-24H2,1-5H3,(H,39,42). The van der Waals surface area contributed by atoms with Gasteiger partial charge in [0.1, 0.15) is 23.1 Å². The van der Waals surface area contributed by atoms with E-state index in [1.54, 1.807) is 33.6 Å². The van der Waals surface area contributed by atoms with Crippen molar-refractivity contribution < 1.29 is 18.9 Å². The highest BCUT2D eigenvalue weighted by Crippen LogP contribution is 2.30. The third kappa shape index (κ3) is 8.59. The zero-order valence-corrected chi connectivity index (χ0v) is 28.6. The van der Waals surface area contributed by atoms with Gasteiger partial charge in [-0.05, 0) is 66.9 Å². The van der Waals surface area contributed by atoms with E-state index in [2.05, 4.69) is 57.4 Å². The molecule has 1 saturated heterocycles. The van der Waals surface area contributed by atoms with Crippen molar-refractivity contribution in [2.24, 2.45) is 0 Å². The summed E-state index contributed by atoms with van der Waals surface area (Å²) >= 11 is 0. The van der Waals surface area contributed by atoms with Crippen LogP contribution in [0.4, 0.5) is 17.5 Å². The van der Waals surface area contributed by atoms with Gasteiger partial charge in [-0.1, -0.05) is 24.3 Å². The summed E-state index contributed by atoms with van der Waals surface area (Å²) in [7, 11) is 4.93. The number of methoxy groups -OCH3 is 3. The molecule has 1 aliphatic rings. The third-order valence-corrected chi connectivity index (χ3v) is 8.37. The summed E-state index contributed by atoms with van der Waals surface area (Å²) in [6, 6.07) is 22.2. The topological polar surface area (TPSA) is 120 Å². The molecule has 1 atom stereocenters. The molecule has 49 heavy (non-hydrogen) atoms. The maximum Gasteiger partial charge on any atom is 0.229 e. The van der Waals surface area contributed by atoms with Crippen LogP contribution in [0.25, 0.3) is 11.4 Å². The Morgan fingerprint density at radius 3 is 2.10 bits per heavy atom. The molecule has 1 fully saturated rings. The predicted octanol–water partition coefficient (Wildman–Crippen LogP) is 5.83. The summed E-state index contributed by atoms with van der Waals surface area (Å²) in [5.41, 5.74) is 4.75. The maximum absolute atomic E-state index is 5.68. The number of anilines is 3. The van der Waals surface area contributed by atoms with Crippen molar-refractivity contribution in [3.05, 3.63) is 102 Å². The number of hydrogen-bond acceptors (Lipinski definition) is 12. The second kappa shape index (κ2) is 15.7. The molecule has 0 saturated carbocycles. The normalized spacial score (nSPS) is 14.7. The predicted molar refractivity (Wildman–Crippen MR) is 188 cm³/mol. The van der Waals surface area contributed by atoms with Gasteiger partial charge in [0.15, 0.2) is 5.82 Å². The molecule has 12 heteroatoms. The monoisotopic (exact) mass is 662 g/mol. The van der Waals surface area contributed by atoms with Gasteiger partial charge in [-0.2, -0.15) is 9.97 Å². The van der Waals surface area contributed by atoms with Crippen LogP contribution in [0.15, 0.2) is 79.1 Å². The third-order valence-electron chi connectivity index (χ3n) is 8.37. The fourth-order valence-electron chi connectivity index (χ4n) is 5.64. The van der Waals surface area contributed by atoms with E-state index in [9.17, 15) is 0 Å². The smallest absolute Gasteiger partial charge is 0.229 e. The minimum Gasteiger partial charge on any atom is -0.497 e. The summed E-state index contributed by atoms with van der Waals surface area (Å²) in [5.74, 6) is 4.41. The largest absolute Gasteiger partial charge is 0.497 e. The molecule has 0 radical (unpaired) electrons. The molecule has 0 spiro atoms. The van der Waals surface area contributed by atoms with Gasteiger partial charge in [0.05, 0.1) is 52.0 Å². The van der Waals surface area contributed by atoms with E-state index in [1.165, 1.54) is 0 Å². The van der Waals surface area contributed by atoms with Gasteiger partial charge in [-0.3, -0.25) is 4.90 Å². The quantitative estimate of drug-likeness (QED) is 0.163. The number of hydrogen-bond donors (Lipinski definition) is 1. The number of nitrogens with one attached hydrogen (secondary N) is 1. The van der Waals surface area contributed by atoms with E-state index in [1.807, 2.05) is 43.5 Å². The average molecular weight is 663 g/mol. The van der Waals surface area contributed by atoms with Crippen molar-refractivity contribution in [2.75, 3.05) is 51.3 Å². The van der Waals surface area contributed by atoms with Crippen LogP contribution in [0.2, 0.25) is 0 Å². The number of ether oxygens (including phenoxy) is 4. The molecule has 0 aliphatic carbocycles. The molecule has 2 aromatic carbocycles. The van der Waals surface area contributed by atoms with E-state index in [-0.39, 0.29) is 0 Å². The number of rotatable bonds is 13. The highest BCUT2D eigenvalue weighted by atomic mass is 16.5. The first-order valence-corrected chi connectivity index (χ1v) is 16.2. The molecule has 1 N–H and O–H groups in total. The lowest BCUT2D eigenvalue weighted by atomic mass is 10.1. The van der Waals surface area contributed by atoms with Crippen molar-refractivity contribution in [3.8, 4) is 28.8 Å². The Balaban J connectivity index is 1.39. The number of aromatic nitrogens is 5. The molecule has 3 aromatic heterocycles. The van der Waals surface area contributed by atoms with Crippen LogP contribution < -0.4 is 24.4 Å². The van der Waals surface area contributed by atoms with Crippen LogP contribution in [0.3, 0.4) is 0 Å². The number of aryl methyl sites for hydroxylation is 1. The Bertz CT molecular complexity index is 1770. The highest BCUT2D eigenvalue weighted by molar-refractivity contribution is 5.75. The first-order valence-electron chi connectivity index (χ1n) is 16.2. The maximum atomic E-state index is 5.68. The van der Waals surface area contributed by atoms with Crippen molar-refractivity contribution >= 4 is 17.5 Å². The van der Waals surface area contributed by atoms with Crippen LogP contribution in [-0.4, -0.2) is 76.9 Å². The Kier molecular flexibility index (Phi) is 10.8. The van der Waals surface area contributed by atoms with Crippen LogP contribution in [0.1, 0.15) is 29.4 Å². The Morgan fingerprint density at radius 2 is 1.51 bits per heavy atom. The highest BCUT2D eigenvalue weighted by Gasteiger charge is 2.22. The van der Waals surface area contributed by atoms with Gasteiger partial charge in [0.2, 0.25) is 11.8 Å². The van der Waals surface area contributed by atoms with Crippen LogP contribution in [-0.2, 0) is 24.4 Å². The number of pyridine rings is 2. The van der Waals surface area contributed by atoms with Gasteiger partial charge >= 0.3 is 0 Å². The Labute approximate surface area is 287 Å². The number of benzene rings is 2. The van der Waals surface area contributed by atoms with Crippen molar-refractivity contribution in [1.82, 2.24) is 29.8 Å². The molecule has 0 bridgehead atoms. The van der Waals surface area contributed by atoms with Crippen molar-refractivity contribution in [1.29, 1.82) is 0 Å². The minimum atomic E-state index is 0.302. The lowest BCUT2D eigenvalue weighted by Crippen LogP contribution is -2.42. The van der Waals surface area contributed by atoms with Crippen molar-refractivity contribution in [2.45, 2.75) is 39.5 Å². The van der Waals surface area contributed by atoms with Gasteiger partial charge in [0.25, 0.3) is 0 Å². The van der Waals surface area contributed by atoms with E-state index < -0.39 is 0 Å². The summed E-state index contributed by atoms with van der Waals surface area (Å²) in [4.78, 5) is 28.6. The number of nitrogens with zero attached hydrogens (tertiary/aromatic N) is 7. The summed E-state index contributed by atoms with van der Waals surface area (Å²) in [6.45, 7) is 8.20. The van der Waals surface area contributed by atoms with Gasteiger partial charge in [-0.15, -0.1) is 0 Å². The van der Waals surface area contributed by atoms with Crippen molar-refractivity contribution in [3.63, 3.8) is 0 Å². The van der Waals surface area contributed by atoms with Gasteiger partial charge < -0.3 is 29.2 Å². The summed E-state index contributed by atoms with van der Waals surface area (Å²) in [5, 5.41) is 3.43. The Morgan fingerprint density at radius 1 is 0.816 bits per heavy atom. The molecule has 4 heterocycles. The second-order valence-corrected chi connectivity index (χ2v) is 11.9. The fourth-order valence-corrected chi connectivity index (χ4v) is 5.64. The molecular formula is C37H42N8O4. The molecule has 6 rings (SSSR count). The van der Waals surface area contributed by atoms with Gasteiger partial charge in [-0.25, -0.2) is 15.0 Å². The molecule has 12 nitrogen and oxygen atoms in total. The summed E-state index contributed by atoms with van der Waals surface area (Å²) in [6.07, 6.45) is 3.61. The SMILES string of the molecule is COc1ccc(CN(Cc2ccc(OC)cc2)c2nc(C)nc(-c3cc(CN4CCOCC4C)cnc3Nc3ccc(OC)nc3)n2)cc1. The average Bonchev–Trinajstić information content (AvgIpc) is 3.13. The molecule has 254 valence electrons.